The number of aryl methyl sites for hydroxylation is 1. The Hall–Kier alpha value is -1.85. The molecule has 2 N–H and O–H groups in total. The average molecular weight is 192 g/mol. The van der Waals surface area contributed by atoms with Gasteiger partial charge in [0.2, 0.25) is 0 Å². The number of nitrogens with two attached hydrogens (primary N) is 1. The van der Waals surface area contributed by atoms with Crippen LogP contribution in [0.15, 0.2) is 18.6 Å². The van der Waals surface area contributed by atoms with Crippen LogP contribution in [0.4, 0.5) is 5.95 Å². The predicted octanol–water partition coefficient (Wildman–Crippen LogP) is 0.125. The zero-order valence-corrected chi connectivity index (χ0v) is 7.96. The number of hydrogen-bond donors (Lipinski definition) is 1. The van der Waals surface area contributed by atoms with E-state index >= 15 is 0 Å². The van der Waals surface area contributed by atoms with E-state index in [0.29, 0.717) is 12.5 Å². The van der Waals surface area contributed by atoms with Crippen molar-refractivity contribution in [2.75, 3.05) is 5.73 Å². The molecule has 0 aliphatic rings. The minimum absolute atomic E-state index is 0.496. The minimum atomic E-state index is 0.496. The second-order valence-electron chi connectivity index (χ2n) is 2.98. The van der Waals surface area contributed by atoms with Crippen LogP contribution in [0.2, 0.25) is 0 Å². The lowest BCUT2D eigenvalue weighted by molar-refractivity contribution is 0.626. The number of imidazole rings is 1. The summed E-state index contributed by atoms with van der Waals surface area (Å²) in [5.74, 6) is 0.496. The monoisotopic (exact) mass is 192 g/mol. The van der Waals surface area contributed by atoms with E-state index in [9.17, 15) is 0 Å². The van der Waals surface area contributed by atoms with Gasteiger partial charge in [-0.2, -0.15) is 0 Å². The Labute approximate surface area is 81.4 Å². The molecule has 0 aliphatic carbocycles. The normalized spacial score (nSPS) is 10.6. The summed E-state index contributed by atoms with van der Waals surface area (Å²) in [6.45, 7) is 3.46. The molecule has 0 unspecified atom stereocenters. The van der Waals surface area contributed by atoms with Gasteiger partial charge in [0.15, 0.2) is 5.95 Å². The Morgan fingerprint density at radius 1 is 1.50 bits per heavy atom. The fraction of sp³-hybridized carbons (Fsp3) is 0.375. The molecule has 0 saturated heterocycles. The highest BCUT2D eigenvalue weighted by atomic mass is 15.4. The lowest BCUT2D eigenvalue weighted by Gasteiger charge is -1.99. The largest absolute Gasteiger partial charge is 0.369 e. The van der Waals surface area contributed by atoms with Crippen LogP contribution in [0, 0.1) is 0 Å². The Morgan fingerprint density at radius 3 is 2.93 bits per heavy atom. The van der Waals surface area contributed by atoms with Crippen LogP contribution in [0.3, 0.4) is 0 Å². The summed E-state index contributed by atoms with van der Waals surface area (Å²) in [5.41, 5.74) is 6.51. The molecule has 2 aromatic heterocycles. The summed E-state index contributed by atoms with van der Waals surface area (Å²) >= 11 is 0. The summed E-state index contributed by atoms with van der Waals surface area (Å²) in [6, 6.07) is 0. The van der Waals surface area contributed by atoms with E-state index in [4.69, 9.17) is 5.73 Å². The molecule has 0 amide bonds. The van der Waals surface area contributed by atoms with Gasteiger partial charge in [0, 0.05) is 18.9 Å². The maximum absolute atomic E-state index is 5.62. The predicted molar refractivity (Wildman–Crippen MR) is 51.4 cm³/mol. The van der Waals surface area contributed by atoms with Crippen molar-refractivity contribution in [2.45, 2.75) is 20.0 Å². The third kappa shape index (κ3) is 1.59. The number of hydrogen-bond acceptors (Lipinski definition) is 4. The second-order valence-corrected chi connectivity index (χ2v) is 2.98. The van der Waals surface area contributed by atoms with E-state index in [1.54, 1.807) is 10.9 Å². The summed E-state index contributed by atoms with van der Waals surface area (Å²) in [4.78, 5) is 3.93. The highest BCUT2D eigenvalue weighted by molar-refractivity contribution is 5.18. The lowest BCUT2D eigenvalue weighted by atomic mass is 10.4. The third-order valence-corrected chi connectivity index (χ3v) is 1.99. The molecular weight excluding hydrogens is 180 g/mol. The molecule has 2 aromatic rings. The van der Waals surface area contributed by atoms with Crippen molar-refractivity contribution in [1.82, 2.24) is 24.5 Å². The molecule has 6 heteroatoms. The van der Waals surface area contributed by atoms with E-state index in [1.165, 1.54) is 0 Å². The van der Waals surface area contributed by atoms with Gasteiger partial charge in [-0.05, 0) is 6.92 Å². The van der Waals surface area contributed by atoms with E-state index in [-0.39, 0.29) is 0 Å². The van der Waals surface area contributed by atoms with Crippen molar-refractivity contribution in [2.24, 2.45) is 0 Å². The Kier molecular flexibility index (Phi) is 2.18. The van der Waals surface area contributed by atoms with Crippen molar-refractivity contribution < 1.29 is 0 Å². The number of rotatable bonds is 3. The molecule has 2 rings (SSSR count). The maximum atomic E-state index is 5.62. The van der Waals surface area contributed by atoms with Gasteiger partial charge in [-0.15, -0.1) is 5.10 Å². The van der Waals surface area contributed by atoms with Gasteiger partial charge in [-0.1, -0.05) is 5.21 Å². The van der Waals surface area contributed by atoms with Crippen LogP contribution in [0.5, 0.6) is 0 Å². The van der Waals surface area contributed by atoms with E-state index < -0.39 is 0 Å². The van der Waals surface area contributed by atoms with Gasteiger partial charge in [-0.25, -0.2) is 4.98 Å². The first-order valence-electron chi connectivity index (χ1n) is 4.45. The van der Waals surface area contributed by atoms with Crippen LogP contribution in [-0.4, -0.2) is 24.5 Å². The molecule has 0 saturated carbocycles. The maximum Gasteiger partial charge on any atom is 0.200 e. The van der Waals surface area contributed by atoms with Gasteiger partial charge in [-0.3, -0.25) is 4.68 Å². The summed E-state index contributed by atoms with van der Waals surface area (Å²) in [5, 5.41) is 7.95. The van der Waals surface area contributed by atoms with Gasteiger partial charge >= 0.3 is 0 Å². The average Bonchev–Trinajstić information content (AvgIpc) is 2.77. The molecule has 74 valence electrons. The molecule has 0 aliphatic heterocycles. The van der Waals surface area contributed by atoms with Crippen LogP contribution in [-0.2, 0) is 13.1 Å². The quantitative estimate of drug-likeness (QED) is 0.749. The topological polar surface area (TPSA) is 74.5 Å². The Balaban J connectivity index is 2.15. The molecule has 2 heterocycles. The van der Waals surface area contributed by atoms with Crippen LogP contribution in [0.25, 0.3) is 0 Å². The summed E-state index contributed by atoms with van der Waals surface area (Å²) in [7, 11) is 0. The second kappa shape index (κ2) is 3.49. The van der Waals surface area contributed by atoms with Crippen molar-refractivity contribution in [3.05, 3.63) is 24.3 Å². The molecular formula is C8H12N6. The highest BCUT2D eigenvalue weighted by Gasteiger charge is 2.02. The summed E-state index contributed by atoms with van der Waals surface area (Å²) in [6.07, 6.45) is 5.39. The molecule has 0 spiro atoms. The minimum Gasteiger partial charge on any atom is -0.369 e. The Bertz CT molecular complexity index is 415. The molecule has 14 heavy (non-hydrogen) atoms. The SMILES string of the molecule is CCn1cc(Cn2ccnc2N)nn1. The van der Waals surface area contributed by atoms with E-state index in [2.05, 4.69) is 15.3 Å². The van der Waals surface area contributed by atoms with Crippen molar-refractivity contribution >= 4 is 5.95 Å². The van der Waals surface area contributed by atoms with Crippen LogP contribution >= 0.6 is 0 Å². The fourth-order valence-corrected chi connectivity index (χ4v) is 1.21. The smallest absolute Gasteiger partial charge is 0.200 e. The Morgan fingerprint density at radius 2 is 2.36 bits per heavy atom. The fourth-order valence-electron chi connectivity index (χ4n) is 1.21. The number of nitrogen functional groups attached to an aromatic ring is 1. The van der Waals surface area contributed by atoms with Gasteiger partial charge in [0.1, 0.15) is 5.69 Å². The first-order chi connectivity index (χ1) is 6.79. The molecule has 0 fully saturated rings. The molecule has 0 atom stereocenters. The van der Waals surface area contributed by atoms with Gasteiger partial charge in [0.05, 0.1) is 12.7 Å². The first-order valence-corrected chi connectivity index (χ1v) is 4.45. The zero-order chi connectivity index (χ0) is 9.97. The lowest BCUT2D eigenvalue weighted by Crippen LogP contribution is -2.03. The summed E-state index contributed by atoms with van der Waals surface area (Å²) < 4.78 is 3.60. The van der Waals surface area contributed by atoms with Gasteiger partial charge < -0.3 is 10.3 Å². The van der Waals surface area contributed by atoms with Crippen LogP contribution < -0.4 is 5.73 Å². The number of aromatic nitrogens is 5. The zero-order valence-electron chi connectivity index (χ0n) is 7.96. The standard InChI is InChI=1S/C8H12N6/c1-2-14-6-7(11-12-14)5-13-4-3-10-8(13)9/h3-4,6H,2,5H2,1H3,(H2,9,10). The van der Waals surface area contributed by atoms with Gasteiger partial charge in [0.25, 0.3) is 0 Å². The first kappa shape index (κ1) is 8.74. The van der Waals surface area contributed by atoms with Crippen LogP contribution in [0.1, 0.15) is 12.6 Å². The van der Waals surface area contributed by atoms with Crippen molar-refractivity contribution in [3.63, 3.8) is 0 Å². The number of anilines is 1. The van der Waals surface area contributed by atoms with E-state index in [0.717, 1.165) is 12.2 Å². The highest BCUT2D eigenvalue weighted by Crippen LogP contribution is 2.03. The molecule has 0 bridgehead atoms. The van der Waals surface area contributed by atoms with E-state index in [1.807, 2.05) is 23.9 Å². The number of nitrogens with zero attached hydrogens (tertiary/aromatic N) is 5. The molecule has 0 radical (unpaired) electrons. The molecule has 6 nitrogen and oxygen atoms in total. The van der Waals surface area contributed by atoms with Crippen molar-refractivity contribution in [3.8, 4) is 0 Å². The third-order valence-electron chi connectivity index (χ3n) is 1.99. The molecule has 0 aromatic carbocycles. The van der Waals surface area contributed by atoms with Crippen molar-refractivity contribution in [1.29, 1.82) is 0 Å².